The fraction of sp³-hybridized carbons (Fsp3) is 0.389. The third-order valence-electron chi connectivity index (χ3n) is 4.64. The zero-order valence-corrected chi connectivity index (χ0v) is 14.2. The van der Waals surface area contributed by atoms with E-state index in [4.69, 9.17) is 14.4 Å². The van der Waals surface area contributed by atoms with Crippen LogP contribution in [0.3, 0.4) is 0 Å². The number of hydrogen-bond acceptors (Lipinski definition) is 5. The van der Waals surface area contributed by atoms with Gasteiger partial charge in [0, 0.05) is 24.6 Å². The van der Waals surface area contributed by atoms with E-state index in [1.807, 2.05) is 6.92 Å². The number of methoxy groups -OCH3 is 1. The Balaban J connectivity index is 1.64. The molecular weight excluding hydrogens is 324 g/mol. The van der Waals surface area contributed by atoms with E-state index in [1.54, 1.807) is 24.1 Å². The number of hydrogen-bond donors (Lipinski definition) is 1. The Hall–Kier alpha value is -2.83. The van der Waals surface area contributed by atoms with Crippen LogP contribution in [0.2, 0.25) is 0 Å². The van der Waals surface area contributed by atoms with Crippen LogP contribution in [0.25, 0.3) is 0 Å². The van der Waals surface area contributed by atoms with Gasteiger partial charge in [0.25, 0.3) is 11.8 Å². The van der Waals surface area contributed by atoms with E-state index >= 15 is 0 Å². The molecule has 7 heteroatoms. The molecule has 0 bridgehead atoms. The number of rotatable bonds is 4. The van der Waals surface area contributed by atoms with Crippen molar-refractivity contribution in [1.29, 1.82) is 0 Å². The lowest BCUT2D eigenvalue weighted by molar-refractivity contribution is 0.0687. The first-order chi connectivity index (χ1) is 12.0. The van der Waals surface area contributed by atoms with E-state index < -0.39 is 5.97 Å². The van der Waals surface area contributed by atoms with E-state index in [1.165, 1.54) is 12.1 Å². The van der Waals surface area contributed by atoms with Crippen molar-refractivity contribution in [2.75, 3.05) is 20.2 Å². The van der Waals surface area contributed by atoms with E-state index in [9.17, 15) is 9.59 Å². The van der Waals surface area contributed by atoms with Crippen molar-refractivity contribution >= 4 is 11.9 Å². The van der Waals surface area contributed by atoms with Crippen molar-refractivity contribution in [1.82, 2.24) is 10.1 Å². The van der Waals surface area contributed by atoms with Crippen molar-refractivity contribution < 1.29 is 24.0 Å². The fourth-order valence-corrected chi connectivity index (χ4v) is 3.19. The van der Waals surface area contributed by atoms with Crippen LogP contribution in [0, 0.1) is 6.92 Å². The molecule has 0 atom stereocenters. The zero-order valence-electron chi connectivity index (χ0n) is 14.2. The normalized spacial score (nSPS) is 15.2. The predicted molar refractivity (Wildman–Crippen MR) is 89.1 cm³/mol. The molecule has 1 N–H and O–H groups in total. The van der Waals surface area contributed by atoms with Gasteiger partial charge < -0.3 is 19.3 Å². The second-order valence-corrected chi connectivity index (χ2v) is 6.13. The summed E-state index contributed by atoms with van der Waals surface area (Å²) in [4.78, 5) is 25.2. The molecule has 0 unspecified atom stereocenters. The molecule has 2 aromatic rings. The minimum atomic E-state index is -1.00. The highest BCUT2D eigenvalue weighted by atomic mass is 16.5. The summed E-state index contributed by atoms with van der Waals surface area (Å²) in [7, 11) is 1.56. The van der Waals surface area contributed by atoms with E-state index in [0.29, 0.717) is 24.5 Å². The van der Waals surface area contributed by atoms with Gasteiger partial charge in [0.2, 0.25) is 0 Å². The quantitative estimate of drug-likeness (QED) is 0.917. The molecule has 132 valence electrons. The number of carbonyl (C=O) groups excluding carboxylic acids is 1. The van der Waals surface area contributed by atoms with Gasteiger partial charge in [-0.3, -0.25) is 4.79 Å². The first-order valence-electron chi connectivity index (χ1n) is 8.14. The molecule has 1 aromatic heterocycles. The van der Waals surface area contributed by atoms with Crippen molar-refractivity contribution in [2.24, 2.45) is 0 Å². The standard InChI is InChI=1S/C18H20N2O5/c1-11-15(25-19-16(11)24-2)12-7-9-20(10-8-12)17(21)13-3-5-14(6-4-13)18(22)23/h3-6,12H,7-10H2,1-2H3,(H,22,23). The van der Waals surface area contributed by atoms with Crippen LogP contribution in [-0.2, 0) is 0 Å². The van der Waals surface area contributed by atoms with Crippen molar-refractivity contribution in [3.63, 3.8) is 0 Å². The number of carbonyl (C=O) groups is 2. The monoisotopic (exact) mass is 344 g/mol. The van der Waals surface area contributed by atoms with Gasteiger partial charge in [-0.1, -0.05) is 0 Å². The maximum atomic E-state index is 12.6. The Morgan fingerprint density at radius 2 is 1.80 bits per heavy atom. The molecule has 1 fully saturated rings. The molecule has 0 spiro atoms. The number of benzene rings is 1. The fourth-order valence-electron chi connectivity index (χ4n) is 3.19. The van der Waals surface area contributed by atoms with Crippen LogP contribution < -0.4 is 4.74 Å². The molecule has 0 aliphatic carbocycles. The van der Waals surface area contributed by atoms with Gasteiger partial charge in [-0.25, -0.2) is 4.79 Å². The Labute approximate surface area is 145 Å². The summed E-state index contributed by atoms with van der Waals surface area (Å²) in [5.74, 6) is 0.469. The summed E-state index contributed by atoms with van der Waals surface area (Å²) in [5, 5.41) is 12.8. The maximum Gasteiger partial charge on any atom is 0.335 e. The van der Waals surface area contributed by atoms with Crippen LogP contribution in [0.1, 0.15) is 50.8 Å². The Bertz CT molecular complexity index is 773. The molecule has 0 saturated carbocycles. The molecule has 0 radical (unpaired) electrons. The molecule has 1 aromatic carbocycles. The number of aromatic nitrogens is 1. The predicted octanol–water partition coefficient (Wildman–Crippen LogP) is 2.71. The number of ether oxygens (including phenoxy) is 1. The second-order valence-electron chi connectivity index (χ2n) is 6.13. The lowest BCUT2D eigenvalue weighted by Crippen LogP contribution is -2.38. The smallest absolute Gasteiger partial charge is 0.335 e. The first-order valence-corrected chi connectivity index (χ1v) is 8.14. The van der Waals surface area contributed by atoms with Gasteiger partial charge in [0.1, 0.15) is 5.76 Å². The summed E-state index contributed by atoms with van der Waals surface area (Å²) in [6.07, 6.45) is 1.58. The number of carboxylic acid groups (broad SMARTS) is 1. The minimum Gasteiger partial charge on any atom is -0.479 e. The summed E-state index contributed by atoms with van der Waals surface area (Å²) in [6.45, 7) is 3.16. The van der Waals surface area contributed by atoms with E-state index in [0.717, 1.165) is 24.2 Å². The molecule has 2 heterocycles. The molecule has 3 rings (SSSR count). The third kappa shape index (κ3) is 3.35. The summed E-state index contributed by atoms with van der Waals surface area (Å²) in [6, 6.07) is 6.02. The van der Waals surface area contributed by atoms with Crippen LogP contribution in [-0.4, -0.2) is 47.2 Å². The Kier molecular flexibility index (Phi) is 4.74. The molecule has 25 heavy (non-hydrogen) atoms. The number of nitrogens with zero attached hydrogens (tertiary/aromatic N) is 2. The Morgan fingerprint density at radius 3 is 2.32 bits per heavy atom. The highest BCUT2D eigenvalue weighted by Crippen LogP contribution is 2.34. The van der Waals surface area contributed by atoms with Crippen LogP contribution in [0.5, 0.6) is 5.88 Å². The molecule has 1 saturated heterocycles. The lowest BCUT2D eigenvalue weighted by atomic mass is 9.92. The van der Waals surface area contributed by atoms with Gasteiger partial charge in [0.05, 0.1) is 18.2 Å². The van der Waals surface area contributed by atoms with Gasteiger partial charge in [-0.15, -0.1) is 0 Å². The van der Waals surface area contributed by atoms with Crippen LogP contribution >= 0.6 is 0 Å². The number of aromatic carboxylic acids is 1. The van der Waals surface area contributed by atoms with Crippen molar-refractivity contribution in [3.05, 3.63) is 46.7 Å². The zero-order chi connectivity index (χ0) is 18.0. The Morgan fingerprint density at radius 1 is 1.20 bits per heavy atom. The maximum absolute atomic E-state index is 12.6. The number of piperidine rings is 1. The van der Waals surface area contributed by atoms with E-state index in [-0.39, 0.29) is 17.4 Å². The van der Waals surface area contributed by atoms with Crippen LogP contribution in [0.15, 0.2) is 28.8 Å². The largest absolute Gasteiger partial charge is 0.479 e. The summed E-state index contributed by atoms with van der Waals surface area (Å²) < 4.78 is 10.6. The van der Waals surface area contributed by atoms with Gasteiger partial charge in [-0.05, 0) is 49.2 Å². The molecular formula is C18H20N2O5. The van der Waals surface area contributed by atoms with Gasteiger partial charge in [0.15, 0.2) is 0 Å². The van der Waals surface area contributed by atoms with Gasteiger partial charge in [-0.2, -0.15) is 0 Å². The second kappa shape index (κ2) is 6.96. The van der Waals surface area contributed by atoms with Gasteiger partial charge >= 0.3 is 5.97 Å². The average Bonchev–Trinajstić information content (AvgIpc) is 3.02. The SMILES string of the molecule is COc1noc(C2CCN(C(=O)c3ccc(C(=O)O)cc3)CC2)c1C. The minimum absolute atomic E-state index is 0.0812. The average molecular weight is 344 g/mol. The summed E-state index contributed by atoms with van der Waals surface area (Å²) in [5.41, 5.74) is 1.59. The van der Waals surface area contributed by atoms with Crippen LogP contribution in [0.4, 0.5) is 0 Å². The molecule has 1 amide bonds. The van der Waals surface area contributed by atoms with Crippen molar-refractivity contribution in [2.45, 2.75) is 25.7 Å². The number of carboxylic acids is 1. The topological polar surface area (TPSA) is 92.9 Å². The molecule has 1 aliphatic rings. The molecule has 1 aliphatic heterocycles. The summed E-state index contributed by atoms with van der Waals surface area (Å²) >= 11 is 0. The number of amides is 1. The van der Waals surface area contributed by atoms with Crippen molar-refractivity contribution in [3.8, 4) is 5.88 Å². The lowest BCUT2D eigenvalue weighted by Gasteiger charge is -2.31. The van der Waals surface area contributed by atoms with E-state index in [2.05, 4.69) is 5.16 Å². The first kappa shape index (κ1) is 17.0. The number of likely N-dealkylation sites (tertiary alicyclic amines) is 1. The molecule has 7 nitrogen and oxygen atoms in total. The third-order valence-corrected chi connectivity index (χ3v) is 4.64. The highest BCUT2D eigenvalue weighted by molar-refractivity contribution is 5.96. The highest BCUT2D eigenvalue weighted by Gasteiger charge is 2.29.